The van der Waals surface area contributed by atoms with Gasteiger partial charge in [-0.25, -0.2) is 8.42 Å². The van der Waals surface area contributed by atoms with Gasteiger partial charge < -0.3 is 5.32 Å². The van der Waals surface area contributed by atoms with Crippen molar-refractivity contribution in [2.24, 2.45) is 0 Å². The summed E-state index contributed by atoms with van der Waals surface area (Å²) in [5, 5.41) is 8.67. The second-order valence-corrected chi connectivity index (χ2v) is 6.42. The van der Waals surface area contributed by atoms with Gasteiger partial charge in [-0.05, 0) is 29.3 Å². The summed E-state index contributed by atoms with van der Waals surface area (Å²) in [6.45, 7) is 2.04. The third-order valence-electron chi connectivity index (χ3n) is 2.44. The maximum atomic E-state index is 11.2. The summed E-state index contributed by atoms with van der Waals surface area (Å²) in [6, 6.07) is 2.19. The Morgan fingerprint density at radius 3 is 2.93 bits per heavy atom. The smallest absolute Gasteiger partial charge is 0.173 e. The Morgan fingerprint density at radius 1 is 1.60 bits per heavy atom. The summed E-state index contributed by atoms with van der Waals surface area (Å²) in [7, 11) is -2.95. The third-order valence-corrected chi connectivity index (χ3v) is 4.53. The van der Waals surface area contributed by atoms with Gasteiger partial charge in [0.15, 0.2) is 9.84 Å². The van der Waals surface area contributed by atoms with Crippen molar-refractivity contribution in [3.63, 3.8) is 0 Å². The molecule has 1 aromatic rings. The van der Waals surface area contributed by atoms with Crippen LogP contribution >= 0.6 is 11.3 Å². The molecular formula is C10H13NO2S2. The Hall–Kier alpha value is -0.650. The van der Waals surface area contributed by atoms with Crippen molar-refractivity contribution < 1.29 is 8.42 Å². The largest absolute Gasteiger partial charge is 0.303 e. The minimum absolute atomic E-state index is 0.0510. The number of hydrogen-bond acceptors (Lipinski definition) is 4. The Labute approximate surface area is 93.7 Å². The van der Waals surface area contributed by atoms with Crippen LogP contribution in [0.5, 0.6) is 0 Å². The second kappa shape index (κ2) is 4.08. The zero-order valence-electron chi connectivity index (χ0n) is 8.38. The molecule has 0 spiro atoms. The Kier molecular flexibility index (Phi) is 2.95. The first-order valence-corrected chi connectivity index (χ1v) is 7.42. The molecule has 0 saturated heterocycles. The molecule has 3 nitrogen and oxygen atoms in total. The monoisotopic (exact) mass is 243 g/mol. The molecule has 1 aliphatic heterocycles. The molecule has 1 N–H and O–H groups in total. The van der Waals surface area contributed by atoms with Crippen molar-refractivity contribution in [1.82, 2.24) is 5.32 Å². The van der Waals surface area contributed by atoms with Gasteiger partial charge in [0, 0.05) is 17.5 Å². The lowest BCUT2D eigenvalue weighted by Gasteiger charge is -2.16. The van der Waals surface area contributed by atoms with Crippen LogP contribution in [0.3, 0.4) is 0 Å². The van der Waals surface area contributed by atoms with E-state index in [2.05, 4.69) is 16.8 Å². The second-order valence-electron chi connectivity index (χ2n) is 3.71. The highest BCUT2D eigenvalue weighted by molar-refractivity contribution is 7.94. The van der Waals surface area contributed by atoms with Gasteiger partial charge >= 0.3 is 0 Å². The van der Waals surface area contributed by atoms with E-state index in [9.17, 15) is 8.42 Å². The molecule has 0 amide bonds. The Bertz CT molecular complexity index is 448. The van der Waals surface area contributed by atoms with Crippen molar-refractivity contribution in [2.45, 2.75) is 19.0 Å². The number of rotatable bonds is 3. The van der Waals surface area contributed by atoms with Crippen LogP contribution in [-0.4, -0.2) is 20.2 Å². The number of thiophene rings is 1. The first-order valence-electron chi connectivity index (χ1n) is 4.76. The molecule has 0 radical (unpaired) electrons. The van der Waals surface area contributed by atoms with E-state index < -0.39 is 9.84 Å². The molecule has 2 unspecified atom stereocenters. The molecule has 1 aliphatic rings. The first-order chi connectivity index (χ1) is 7.07. The van der Waals surface area contributed by atoms with Crippen LogP contribution in [0.25, 0.3) is 0 Å². The molecule has 2 rings (SSSR count). The van der Waals surface area contributed by atoms with Gasteiger partial charge in [-0.15, -0.1) is 0 Å². The minimum Gasteiger partial charge on any atom is -0.303 e. The third kappa shape index (κ3) is 2.68. The summed E-state index contributed by atoms with van der Waals surface area (Å²) in [6.07, 6.45) is 1.72. The van der Waals surface area contributed by atoms with E-state index in [1.54, 1.807) is 17.4 Å². The van der Waals surface area contributed by atoms with Crippen LogP contribution in [0.15, 0.2) is 28.3 Å². The van der Waals surface area contributed by atoms with Gasteiger partial charge in [-0.3, -0.25) is 0 Å². The molecule has 0 fully saturated rings. The lowest BCUT2D eigenvalue weighted by atomic mass is 10.1. The summed E-state index contributed by atoms with van der Waals surface area (Å²) >= 11 is 1.65. The average molecular weight is 243 g/mol. The molecule has 1 aromatic heterocycles. The maximum absolute atomic E-state index is 11.2. The molecule has 0 aliphatic carbocycles. The van der Waals surface area contributed by atoms with Crippen molar-refractivity contribution in [3.8, 4) is 0 Å². The zero-order valence-corrected chi connectivity index (χ0v) is 10.0. The normalized spacial score (nSPS) is 25.5. The van der Waals surface area contributed by atoms with Crippen LogP contribution in [-0.2, 0) is 9.84 Å². The fourth-order valence-corrected chi connectivity index (χ4v) is 3.62. The SMILES string of the molecule is CC(NC1C=CS(=O)(=O)C1)c1ccsc1. The maximum Gasteiger partial charge on any atom is 0.173 e. The van der Waals surface area contributed by atoms with Gasteiger partial charge in [0.05, 0.1) is 5.75 Å². The van der Waals surface area contributed by atoms with Crippen LogP contribution in [0.2, 0.25) is 0 Å². The highest BCUT2D eigenvalue weighted by atomic mass is 32.2. The van der Waals surface area contributed by atoms with Crippen LogP contribution in [0.1, 0.15) is 18.5 Å². The molecule has 0 saturated carbocycles. The van der Waals surface area contributed by atoms with E-state index in [1.807, 2.05) is 12.3 Å². The van der Waals surface area contributed by atoms with Gasteiger partial charge in [0.25, 0.3) is 0 Å². The molecule has 15 heavy (non-hydrogen) atoms. The molecule has 5 heteroatoms. The molecular weight excluding hydrogens is 230 g/mol. The predicted molar refractivity (Wildman–Crippen MR) is 62.6 cm³/mol. The molecule has 2 atom stereocenters. The predicted octanol–water partition coefficient (Wildman–Crippen LogP) is 1.71. The lowest BCUT2D eigenvalue weighted by molar-refractivity contribution is 0.536. The van der Waals surface area contributed by atoms with Gasteiger partial charge in [-0.1, -0.05) is 6.08 Å². The van der Waals surface area contributed by atoms with Gasteiger partial charge in [0.1, 0.15) is 0 Å². The van der Waals surface area contributed by atoms with Gasteiger partial charge in [0.2, 0.25) is 0 Å². The Balaban J connectivity index is 1.97. The Morgan fingerprint density at radius 2 is 2.40 bits per heavy atom. The van der Waals surface area contributed by atoms with E-state index in [0.717, 1.165) is 0 Å². The standard InChI is InChI=1S/C10H13NO2S2/c1-8(9-2-4-14-6-9)11-10-3-5-15(12,13)7-10/h2-6,8,10-11H,7H2,1H3. The first kappa shape index (κ1) is 10.9. The summed E-state index contributed by atoms with van der Waals surface area (Å²) < 4.78 is 22.4. The van der Waals surface area contributed by atoms with E-state index >= 15 is 0 Å². The molecule has 0 bridgehead atoms. The number of hydrogen-bond donors (Lipinski definition) is 1. The van der Waals surface area contributed by atoms with Crippen LogP contribution in [0, 0.1) is 0 Å². The van der Waals surface area contributed by atoms with E-state index in [4.69, 9.17) is 0 Å². The summed E-state index contributed by atoms with van der Waals surface area (Å²) in [5.41, 5.74) is 1.21. The van der Waals surface area contributed by atoms with Crippen LogP contribution in [0.4, 0.5) is 0 Å². The average Bonchev–Trinajstić information content (AvgIpc) is 2.74. The van der Waals surface area contributed by atoms with Crippen LogP contribution < -0.4 is 5.32 Å². The topological polar surface area (TPSA) is 46.2 Å². The fraction of sp³-hybridized carbons (Fsp3) is 0.400. The van der Waals surface area contributed by atoms with Crippen molar-refractivity contribution in [2.75, 3.05) is 5.75 Å². The molecule has 0 aromatic carbocycles. The quantitative estimate of drug-likeness (QED) is 0.879. The molecule has 82 valence electrons. The number of sulfone groups is 1. The summed E-state index contributed by atoms with van der Waals surface area (Å²) in [5.74, 6) is 0.182. The van der Waals surface area contributed by atoms with Crippen molar-refractivity contribution >= 4 is 21.2 Å². The van der Waals surface area contributed by atoms with E-state index in [1.165, 1.54) is 11.0 Å². The van der Waals surface area contributed by atoms with Crippen molar-refractivity contribution in [1.29, 1.82) is 0 Å². The number of nitrogens with one attached hydrogen (secondary N) is 1. The van der Waals surface area contributed by atoms with E-state index in [-0.39, 0.29) is 17.8 Å². The van der Waals surface area contributed by atoms with Crippen molar-refractivity contribution in [3.05, 3.63) is 33.9 Å². The summed E-state index contributed by atoms with van der Waals surface area (Å²) in [4.78, 5) is 0. The fourth-order valence-electron chi connectivity index (χ4n) is 1.62. The zero-order chi connectivity index (χ0) is 10.9. The minimum atomic E-state index is -2.95. The van der Waals surface area contributed by atoms with Gasteiger partial charge in [-0.2, -0.15) is 11.3 Å². The molecule has 2 heterocycles. The highest BCUT2D eigenvalue weighted by Crippen LogP contribution is 2.18. The highest BCUT2D eigenvalue weighted by Gasteiger charge is 2.22. The lowest BCUT2D eigenvalue weighted by Crippen LogP contribution is -2.32. The van der Waals surface area contributed by atoms with E-state index in [0.29, 0.717) is 0 Å².